The van der Waals surface area contributed by atoms with Gasteiger partial charge in [-0.25, -0.2) is 13.1 Å². The first-order valence-corrected chi connectivity index (χ1v) is 8.10. The van der Waals surface area contributed by atoms with Gasteiger partial charge in [-0.2, -0.15) is 10.2 Å². The predicted octanol–water partition coefficient (Wildman–Crippen LogP) is 0.00102. The van der Waals surface area contributed by atoms with Crippen LogP contribution in [0.4, 0.5) is 0 Å². The number of sulfonamides is 1. The molecule has 2 aromatic rings. The molecule has 0 spiro atoms. The van der Waals surface area contributed by atoms with Crippen molar-refractivity contribution >= 4 is 10.0 Å². The molecular weight excluding hydrogens is 292 g/mol. The molecule has 0 saturated carbocycles. The zero-order valence-electron chi connectivity index (χ0n) is 12.3. The molecule has 0 aromatic carbocycles. The van der Waals surface area contributed by atoms with Crippen LogP contribution in [0.15, 0.2) is 23.4 Å². The Balaban J connectivity index is 2.16. The van der Waals surface area contributed by atoms with Crippen LogP contribution in [0, 0.1) is 6.92 Å². The van der Waals surface area contributed by atoms with Crippen LogP contribution in [0.1, 0.15) is 18.3 Å². The molecule has 8 nitrogen and oxygen atoms in total. The van der Waals surface area contributed by atoms with Crippen LogP contribution < -0.4 is 10.0 Å². The molecule has 9 heteroatoms. The van der Waals surface area contributed by atoms with Crippen molar-refractivity contribution in [3.8, 4) is 0 Å². The second-order valence-electron chi connectivity index (χ2n) is 4.91. The molecule has 1 unspecified atom stereocenters. The van der Waals surface area contributed by atoms with Gasteiger partial charge in [-0.05, 0) is 27.0 Å². The lowest BCUT2D eigenvalue weighted by Crippen LogP contribution is -2.36. The number of rotatable bonds is 7. The number of nitrogens with one attached hydrogen (secondary N) is 3. The third-order valence-corrected chi connectivity index (χ3v) is 4.74. The van der Waals surface area contributed by atoms with E-state index in [0.29, 0.717) is 24.5 Å². The molecule has 0 aliphatic rings. The fourth-order valence-electron chi connectivity index (χ4n) is 2.16. The lowest BCUT2D eigenvalue weighted by atomic mass is 10.4. The lowest BCUT2D eigenvalue weighted by Gasteiger charge is -2.14. The van der Waals surface area contributed by atoms with Crippen LogP contribution in [0.25, 0.3) is 0 Å². The molecule has 3 N–H and O–H groups in total. The van der Waals surface area contributed by atoms with Gasteiger partial charge in [0.2, 0.25) is 10.0 Å². The fourth-order valence-corrected chi connectivity index (χ4v) is 3.76. The topological polar surface area (TPSA) is 105 Å². The van der Waals surface area contributed by atoms with Gasteiger partial charge in [0.15, 0.2) is 0 Å². The van der Waals surface area contributed by atoms with Gasteiger partial charge in [-0.15, -0.1) is 0 Å². The van der Waals surface area contributed by atoms with Crippen molar-refractivity contribution < 1.29 is 8.42 Å². The van der Waals surface area contributed by atoms with Crippen molar-refractivity contribution in [2.24, 2.45) is 0 Å². The van der Waals surface area contributed by atoms with E-state index >= 15 is 0 Å². The summed E-state index contributed by atoms with van der Waals surface area (Å²) in [5.74, 6) is 0. The van der Waals surface area contributed by atoms with Crippen LogP contribution in [0.5, 0.6) is 0 Å². The van der Waals surface area contributed by atoms with Crippen molar-refractivity contribution in [2.75, 3.05) is 7.05 Å². The summed E-state index contributed by atoms with van der Waals surface area (Å²) < 4.78 is 29.4. The largest absolute Gasteiger partial charge is 0.314 e. The summed E-state index contributed by atoms with van der Waals surface area (Å²) in [5.41, 5.74) is 1.01. The number of hydrogen-bond donors (Lipinski definition) is 3. The Bertz CT molecular complexity index is 677. The monoisotopic (exact) mass is 312 g/mol. The fraction of sp³-hybridized carbons (Fsp3) is 0.500. The third-order valence-electron chi connectivity index (χ3n) is 2.95. The predicted molar refractivity (Wildman–Crippen MR) is 78.1 cm³/mol. The Kier molecular flexibility index (Phi) is 4.76. The molecule has 116 valence electrons. The van der Waals surface area contributed by atoms with E-state index in [-0.39, 0.29) is 10.9 Å². The van der Waals surface area contributed by atoms with Gasteiger partial charge in [-0.1, -0.05) is 0 Å². The smallest absolute Gasteiger partial charge is 0.244 e. The normalized spacial score (nSPS) is 13.5. The summed E-state index contributed by atoms with van der Waals surface area (Å²) >= 11 is 0. The minimum atomic E-state index is -3.63. The van der Waals surface area contributed by atoms with E-state index < -0.39 is 10.0 Å². The quantitative estimate of drug-likeness (QED) is 0.667. The maximum absolute atomic E-state index is 12.5. The van der Waals surface area contributed by atoms with Crippen LogP contribution in [0.2, 0.25) is 0 Å². The van der Waals surface area contributed by atoms with Crippen molar-refractivity contribution in [3.63, 3.8) is 0 Å². The molecule has 0 amide bonds. The second-order valence-corrected chi connectivity index (χ2v) is 6.56. The summed E-state index contributed by atoms with van der Waals surface area (Å²) in [6.07, 6.45) is 3.45. The minimum Gasteiger partial charge on any atom is -0.314 e. The van der Waals surface area contributed by atoms with Gasteiger partial charge >= 0.3 is 0 Å². The standard InChI is InChI=1S/C12H20N6O2S/c1-9(8-18-6-4-5-14-18)17-21(19,20)12-10(2)15-16-11(12)7-13-3/h4-6,9,13,17H,7-8H2,1-3H3,(H,15,16). The van der Waals surface area contributed by atoms with E-state index in [4.69, 9.17) is 0 Å². The Labute approximate surface area is 124 Å². The molecule has 0 saturated heterocycles. The van der Waals surface area contributed by atoms with Crippen molar-refractivity contribution in [1.29, 1.82) is 0 Å². The molecule has 2 aromatic heterocycles. The maximum atomic E-state index is 12.5. The Morgan fingerprint density at radius 3 is 2.86 bits per heavy atom. The SMILES string of the molecule is CNCc1n[nH]c(C)c1S(=O)(=O)NC(C)Cn1cccn1. The number of aromatic nitrogens is 4. The number of aryl methyl sites for hydroxylation is 1. The highest BCUT2D eigenvalue weighted by Crippen LogP contribution is 2.17. The maximum Gasteiger partial charge on any atom is 0.244 e. The van der Waals surface area contributed by atoms with Gasteiger partial charge in [-0.3, -0.25) is 9.78 Å². The summed E-state index contributed by atoms with van der Waals surface area (Å²) in [4.78, 5) is 0.212. The summed E-state index contributed by atoms with van der Waals surface area (Å²) in [7, 11) is -1.88. The number of hydrogen-bond acceptors (Lipinski definition) is 5. The van der Waals surface area contributed by atoms with Gasteiger partial charge in [0.1, 0.15) is 4.90 Å². The van der Waals surface area contributed by atoms with Crippen molar-refractivity contribution in [1.82, 2.24) is 30.0 Å². The average molecular weight is 312 g/mol. The van der Waals surface area contributed by atoms with E-state index in [9.17, 15) is 8.42 Å². The van der Waals surface area contributed by atoms with Crippen LogP contribution in [-0.2, 0) is 23.1 Å². The van der Waals surface area contributed by atoms with Gasteiger partial charge in [0.25, 0.3) is 0 Å². The molecule has 21 heavy (non-hydrogen) atoms. The van der Waals surface area contributed by atoms with Crippen LogP contribution >= 0.6 is 0 Å². The highest BCUT2D eigenvalue weighted by Gasteiger charge is 2.25. The van der Waals surface area contributed by atoms with Crippen molar-refractivity contribution in [3.05, 3.63) is 29.8 Å². The highest BCUT2D eigenvalue weighted by molar-refractivity contribution is 7.89. The molecule has 2 heterocycles. The molecule has 0 fully saturated rings. The molecule has 0 bridgehead atoms. The molecule has 2 rings (SSSR count). The van der Waals surface area contributed by atoms with Gasteiger partial charge in [0.05, 0.1) is 17.9 Å². The highest BCUT2D eigenvalue weighted by atomic mass is 32.2. The first kappa shape index (κ1) is 15.7. The summed E-state index contributed by atoms with van der Waals surface area (Å²) in [5, 5.41) is 13.7. The Morgan fingerprint density at radius 1 is 1.48 bits per heavy atom. The van der Waals surface area contributed by atoms with Gasteiger partial charge in [0, 0.05) is 25.0 Å². The minimum absolute atomic E-state index is 0.212. The van der Waals surface area contributed by atoms with Gasteiger partial charge < -0.3 is 5.32 Å². The molecule has 0 aliphatic heterocycles. The van der Waals surface area contributed by atoms with Crippen molar-refractivity contribution in [2.45, 2.75) is 37.9 Å². The van der Waals surface area contributed by atoms with E-state index in [1.54, 1.807) is 44.0 Å². The molecule has 1 atom stereocenters. The number of H-pyrrole nitrogens is 1. The summed E-state index contributed by atoms with van der Waals surface area (Å²) in [6, 6.07) is 1.51. The van der Waals surface area contributed by atoms with E-state index in [0.717, 1.165) is 0 Å². The molecular formula is C12H20N6O2S. The number of nitrogens with zero attached hydrogens (tertiary/aromatic N) is 3. The van der Waals surface area contributed by atoms with Crippen LogP contribution in [-0.4, -0.2) is 41.5 Å². The molecule has 0 radical (unpaired) electrons. The zero-order chi connectivity index (χ0) is 15.5. The number of aromatic amines is 1. The first-order valence-electron chi connectivity index (χ1n) is 6.62. The molecule has 0 aliphatic carbocycles. The van der Waals surface area contributed by atoms with E-state index in [2.05, 4.69) is 25.3 Å². The van der Waals surface area contributed by atoms with E-state index in [1.165, 1.54) is 0 Å². The van der Waals surface area contributed by atoms with E-state index in [1.807, 2.05) is 0 Å². The summed E-state index contributed by atoms with van der Waals surface area (Å²) in [6.45, 7) is 4.34. The first-order chi connectivity index (χ1) is 9.94. The average Bonchev–Trinajstić information content (AvgIpc) is 2.99. The second kappa shape index (κ2) is 6.37. The third kappa shape index (κ3) is 3.69. The van der Waals surface area contributed by atoms with Crippen LogP contribution in [0.3, 0.4) is 0 Å². The Hall–Kier alpha value is -1.71. The zero-order valence-corrected chi connectivity index (χ0v) is 13.1. The lowest BCUT2D eigenvalue weighted by molar-refractivity contribution is 0.493. The Morgan fingerprint density at radius 2 is 2.24 bits per heavy atom.